The lowest BCUT2D eigenvalue weighted by Crippen LogP contribution is -2.50. The third-order valence-electron chi connectivity index (χ3n) is 6.64. The highest BCUT2D eigenvalue weighted by atomic mass is 19.4. The first-order chi connectivity index (χ1) is 16.2. The van der Waals surface area contributed by atoms with Gasteiger partial charge in [0.25, 0.3) is 5.91 Å². The Morgan fingerprint density at radius 2 is 2.00 bits per heavy atom. The Hall–Kier alpha value is -3.66. The lowest BCUT2D eigenvalue weighted by Gasteiger charge is -2.41. The van der Waals surface area contributed by atoms with E-state index in [1.165, 1.54) is 12.1 Å². The zero-order valence-corrected chi connectivity index (χ0v) is 18.1. The largest absolute Gasteiger partial charge is 0.416 e. The number of ether oxygens (including phenoxy) is 1. The molecular formula is C24H20F3N5O2. The predicted molar refractivity (Wildman–Crippen MR) is 118 cm³/mol. The van der Waals surface area contributed by atoms with Gasteiger partial charge < -0.3 is 15.4 Å². The highest BCUT2D eigenvalue weighted by Crippen LogP contribution is 2.43. The molecule has 174 valence electrons. The molecule has 10 heteroatoms. The van der Waals surface area contributed by atoms with Crippen molar-refractivity contribution in [3.63, 3.8) is 0 Å². The summed E-state index contributed by atoms with van der Waals surface area (Å²) in [5.41, 5.74) is 8.98. The number of halogens is 3. The number of fused-ring (bicyclic) bond motifs is 6. The van der Waals surface area contributed by atoms with Crippen molar-refractivity contribution in [2.45, 2.75) is 37.8 Å². The number of hydrogen-bond acceptors (Lipinski definition) is 5. The molecule has 34 heavy (non-hydrogen) atoms. The first-order valence-electron chi connectivity index (χ1n) is 10.9. The standard InChI is InChI=1S/C24H20F3N5O2/c1-12-10-31(21-16-4-3-15(24(25,26)27)6-14(16)8-20(21)34-12)23(33)13-2-5-17-18(7-13)32-11-29-9-19(32)22(28)30-17/h2-7,9,11-12,20-21H,8,10H2,1H3,(H2,28,30)/t12-,20?,21?/m1/s1. The zero-order chi connectivity index (χ0) is 23.8. The van der Waals surface area contributed by atoms with Crippen LogP contribution in [0.15, 0.2) is 48.9 Å². The summed E-state index contributed by atoms with van der Waals surface area (Å²) in [6.07, 6.45) is -1.52. The number of amides is 1. The summed E-state index contributed by atoms with van der Waals surface area (Å²) in [6, 6.07) is 8.45. The monoisotopic (exact) mass is 467 g/mol. The average Bonchev–Trinajstić information content (AvgIpc) is 3.42. The minimum absolute atomic E-state index is 0.218. The van der Waals surface area contributed by atoms with E-state index >= 15 is 0 Å². The van der Waals surface area contributed by atoms with Crippen LogP contribution in [0.4, 0.5) is 19.0 Å². The summed E-state index contributed by atoms with van der Waals surface area (Å²) < 4.78 is 47.6. The summed E-state index contributed by atoms with van der Waals surface area (Å²) in [4.78, 5) is 24.0. The number of nitrogen functional groups attached to an aromatic ring is 1. The first-order valence-corrected chi connectivity index (χ1v) is 10.9. The molecule has 6 rings (SSSR count). The zero-order valence-electron chi connectivity index (χ0n) is 18.1. The molecule has 2 unspecified atom stereocenters. The van der Waals surface area contributed by atoms with Gasteiger partial charge in [-0.2, -0.15) is 13.2 Å². The fourth-order valence-electron chi connectivity index (χ4n) is 5.18. The van der Waals surface area contributed by atoms with Gasteiger partial charge in [-0.05, 0) is 48.4 Å². The van der Waals surface area contributed by atoms with Crippen LogP contribution in [-0.4, -0.2) is 43.9 Å². The highest BCUT2D eigenvalue weighted by Gasteiger charge is 2.45. The number of morpholine rings is 1. The highest BCUT2D eigenvalue weighted by molar-refractivity contribution is 5.98. The van der Waals surface area contributed by atoms with Crippen molar-refractivity contribution >= 4 is 28.3 Å². The second-order valence-corrected chi connectivity index (χ2v) is 8.85. The van der Waals surface area contributed by atoms with Gasteiger partial charge in [0.05, 0.1) is 47.4 Å². The molecule has 7 nitrogen and oxygen atoms in total. The second kappa shape index (κ2) is 7.17. The number of aromatic nitrogens is 3. The van der Waals surface area contributed by atoms with E-state index in [4.69, 9.17) is 10.5 Å². The van der Waals surface area contributed by atoms with Crippen LogP contribution in [0.2, 0.25) is 0 Å². The molecule has 4 aromatic rings. The third kappa shape index (κ3) is 3.12. The number of carbonyl (C=O) groups is 1. The minimum Gasteiger partial charge on any atom is -0.382 e. The maximum absolute atomic E-state index is 13.7. The van der Waals surface area contributed by atoms with Gasteiger partial charge in [-0.3, -0.25) is 9.20 Å². The van der Waals surface area contributed by atoms with Crippen molar-refractivity contribution in [3.05, 3.63) is 71.2 Å². The summed E-state index contributed by atoms with van der Waals surface area (Å²) in [6.45, 7) is 2.20. The average molecular weight is 467 g/mol. The number of hydrogen-bond donors (Lipinski definition) is 1. The SMILES string of the molecule is C[C@@H]1CN(C(=O)c2ccc3nc(N)c4cncn4c3c2)C2c3ccc(C(F)(F)F)cc3CC2O1. The van der Waals surface area contributed by atoms with Gasteiger partial charge in [-0.1, -0.05) is 6.07 Å². The summed E-state index contributed by atoms with van der Waals surface area (Å²) in [5.74, 6) is 0.125. The molecule has 2 aromatic heterocycles. The smallest absolute Gasteiger partial charge is 0.382 e. The molecule has 3 heterocycles. The van der Waals surface area contributed by atoms with Crippen LogP contribution in [0, 0.1) is 0 Å². The van der Waals surface area contributed by atoms with Crippen LogP contribution >= 0.6 is 0 Å². The maximum Gasteiger partial charge on any atom is 0.416 e. The molecule has 2 aromatic carbocycles. The molecule has 0 radical (unpaired) electrons. The molecule has 1 amide bonds. The number of nitrogens with zero attached hydrogens (tertiary/aromatic N) is 4. The van der Waals surface area contributed by atoms with Crippen molar-refractivity contribution < 1.29 is 22.7 Å². The molecule has 3 atom stereocenters. The molecule has 1 fully saturated rings. The topological polar surface area (TPSA) is 85.8 Å². The van der Waals surface area contributed by atoms with Crippen LogP contribution < -0.4 is 5.73 Å². The lowest BCUT2D eigenvalue weighted by molar-refractivity contribution is -0.137. The minimum atomic E-state index is -4.42. The fraction of sp³-hybridized carbons (Fsp3) is 0.292. The normalized spacial score (nSPS) is 22.2. The van der Waals surface area contributed by atoms with Gasteiger partial charge in [-0.15, -0.1) is 0 Å². The van der Waals surface area contributed by atoms with Crippen molar-refractivity contribution in [2.75, 3.05) is 12.3 Å². The van der Waals surface area contributed by atoms with E-state index in [-0.39, 0.29) is 12.0 Å². The van der Waals surface area contributed by atoms with Crippen molar-refractivity contribution in [1.29, 1.82) is 0 Å². The quantitative estimate of drug-likeness (QED) is 0.457. The Morgan fingerprint density at radius 1 is 1.18 bits per heavy atom. The van der Waals surface area contributed by atoms with E-state index in [1.807, 2.05) is 6.92 Å². The predicted octanol–water partition coefficient (Wildman–Crippen LogP) is 4.01. The van der Waals surface area contributed by atoms with Crippen LogP contribution in [0.25, 0.3) is 16.6 Å². The molecule has 1 saturated heterocycles. The van der Waals surface area contributed by atoms with Crippen LogP contribution in [-0.2, 0) is 17.3 Å². The Labute approximate surface area is 192 Å². The van der Waals surface area contributed by atoms with E-state index in [0.29, 0.717) is 52.0 Å². The molecule has 2 N–H and O–H groups in total. The number of nitrogens with two attached hydrogens (primary N) is 1. The van der Waals surface area contributed by atoms with E-state index in [0.717, 1.165) is 6.07 Å². The third-order valence-corrected chi connectivity index (χ3v) is 6.64. The molecule has 1 aliphatic carbocycles. The first kappa shape index (κ1) is 20.9. The van der Waals surface area contributed by atoms with E-state index in [2.05, 4.69) is 9.97 Å². The number of anilines is 1. The summed E-state index contributed by atoms with van der Waals surface area (Å²) in [5, 5.41) is 0. The number of imidazole rings is 1. The molecule has 0 bridgehead atoms. The lowest BCUT2D eigenvalue weighted by atomic mass is 10.0. The Kier molecular flexibility index (Phi) is 4.41. The summed E-state index contributed by atoms with van der Waals surface area (Å²) >= 11 is 0. The molecule has 1 aliphatic heterocycles. The van der Waals surface area contributed by atoms with E-state index in [1.54, 1.807) is 40.0 Å². The maximum atomic E-state index is 13.7. The van der Waals surface area contributed by atoms with Crippen LogP contribution in [0.1, 0.15) is 40.0 Å². The van der Waals surface area contributed by atoms with Gasteiger partial charge in [0, 0.05) is 18.5 Å². The Bertz CT molecular complexity index is 1460. The van der Waals surface area contributed by atoms with Crippen molar-refractivity contribution in [1.82, 2.24) is 19.3 Å². The fourth-order valence-corrected chi connectivity index (χ4v) is 5.18. The van der Waals surface area contributed by atoms with Crippen LogP contribution in [0.3, 0.4) is 0 Å². The Morgan fingerprint density at radius 3 is 2.79 bits per heavy atom. The molecule has 0 spiro atoms. The number of benzene rings is 2. The van der Waals surface area contributed by atoms with E-state index < -0.39 is 23.9 Å². The van der Waals surface area contributed by atoms with Crippen molar-refractivity contribution in [3.8, 4) is 0 Å². The number of carbonyl (C=O) groups excluding carboxylic acids is 1. The number of rotatable bonds is 1. The van der Waals surface area contributed by atoms with Crippen LogP contribution in [0.5, 0.6) is 0 Å². The molecular weight excluding hydrogens is 447 g/mol. The Balaban J connectivity index is 1.41. The molecule has 0 saturated carbocycles. The van der Waals surface area contributed by atoms with Gasteiger partial charge in [0.15, 0.2) is 0 Å². The van der Waals surface area contributed by atoms with Gasteiger partial charge in [0.1, 0.15) is 11.3 Å². The summed E-state index contributed by atoms with van der Waals surface area (Å²) in [7, 11) is 0. The van der Waals surface area contributed by atoms with Gasteiger partial charge in [-0.25, -0.2) is 9.97 Å². The molecule has 2 aliphatic rings. The number of alkyl halides is 3. The van der Waals surface area contributed by atoms with E-state index in [9.17, 15) is 18.0 Å². The van der Waals surface area contributed by atoms with Gasteiger partial charge in [0.2, 0.25) is 0 Å². The second-order valence-electron chi connectivity index (χ2n) is 8.85. The van der Waals surface area contributed by atoms with Crippen molar-refractivity contribution in [2.24, 2.45) is 0 Å². The van der Waals surface area contributed by atoms with Gasteiger partial charge >= 0.3 is 6.18 Å².